The Morgan fingerprint density at radius 1 is 1.22 bits per heavy atom. The molecule has 0 aliphatic carbocycles. The standard InChI is InChI=1S/C14H19F3O6/c1-4-5-21-9-10(2)12(19)23-7-6-22-11(18)8-13(3,20)14(15,16)17/h4,20H,1-2,5-9H2,3H3. The minimum Gasteiger partial charge on any atom is -0.462 e. The number of carbonyl (C=O) groups is 2. The van der Waals surface area contributed by atoms with Crippen molar-refractivity contribution in [3.8, 4) is 0 Å². The number of ether oxygens (including phenoxy) is 3. The fraction of sp³-hybridized carbons (Fsp3) is 0.571. The Morgan fingerprint density at radius 2 is 1.78 bits per heavy atom. The second-order valence-electron chi connectivity index (χ2n) is 4.71. The van der Waals surface area contributed by atoms with Crippen LogP contribution < -0.4 is 0 Å². The molecule has 0 aromatic rings. The van der Waals surface area contributed by atoms with Gasteiger partial charge in [0.25, 0.3) is 0 Å². The van der Waals surface area contributed by atoms with Gasteiger partial charge in [-0.25, -0.2) is 4.79 Å². The van der Waals surface area contributed by atoms with Crippen LogP contribution in [0.1, 0.15) is 13.3 Å². The maximum atomic E-state index is 12.3. The molecule has 0 aliphatic rings. The number of esters is 2. The van der Waals surface area contributed by atoms with Crippen LogP contribution in [-0.2, 0) is 23.8 Å². The van der Waals surface area contributed by atoms with Gasteiger partial charge >= 0.3 is 18.1 Å². The molecule has 0 radical (unpaired) electrons. The first-order valence-corrected chi connectivity index (χ1v) is 6.49. The fourth-order valence-electron chi connectivity index (χ4n) is 1.15. The lowest BCUT2D eigenvalue weighted by molar-refractivity contribution is -0.255. The average Bonchev–Trinajstić information content (AvgIpc) is 2.41. The minimum atomic E-state index is -4.96. The van der Waals surface area contributed by atoms with Gasteiger partial charge < -0.3 is 19.3 Å². The first-order chi connectivity index (χ1) is 10.5. The molecule has 0 amide bonds. The summed E-state index contributed by atoms with van der Waals surface area (Å²) in [6.45, 7) is 6.64. The molecule has 0 spiro atoms. The number of aliphatic hydroxyl groups is 1. The minimum absolute atomic E-state index is 0.0261. The lowest BCUT2D eigenvalue weighted by Crippen LogP contribution is -2.44. The summed E-state index contributed by atoms with van der Waals surface area (Å²) in [6.07, 6.45) is -4.73. The van der Waals surface area contributed by atoms with E-state index in [1.807, 2.05) is 0 Å². The van der Waals surface area contributed by atoms with Crippen molar-refractivity contribution in [3.63, 3.8) is 0 Å². The molecule has 0 fully saturated rings. The van der Waals surface area contributed by atoms with Gasteiger partial charge in [0.1, 0.15) is 13.2 Å². The van der Waals surface area contributed by atoms with E-state index in [1.165, 1.54) is 6.08 Å². The van der Waals surface area contributed by atoms with Crippen LogP contribution in [0.4, 0.5) is 13.2 Å². The van der Waals surface area contributed by atoms with Gasteiger partial charge in [0.05, 0.1) is 25.2 Å². The Balaban J connectivity index is 3.99. The van der Waals surface area contributed by atoms with Gasteiger partial charge in [-0.15, -0.1) is 6.58 Å². The molecule has 1 N–H and O–H groups in total. The van der Waals surface area contributed by atoms with Crippen LogP contribution in [0.5, 0.6) is 0 Å². The maximum absolute atomic E-state index is 12.3. The second-order valence-corrected chi connectivity index (χ2v) is 4.71. The van der Waals surface area contributed by atoms with Crippen LogP contribution >= 0.6 is 0 Å². The molecule has 0 aliphatic heterocycles. The lowest BCUT2D eigenvalue weighted by Gasteiger charge is -2.24. The molecule has 0 heterocycles. The highest BCUT2D eigenvalue weighted by atomic mass is 19.4. The largest absolute Gasteiger partial charge is 0.462 e. The van der Waals surface area contributed by atoms with Gasteiger partial charge in [-0.3, -0.25) is 4.79 Å². The molecule has 6 nitrogen and oxygen atoms in total. The van der Waals surface area contributed by atoms with Crippen molar-refractivity contribution in [3.05, 3.63) is 24.8 Å². The van der Waals surface area contributed by atoms with E-state index in [9.17, 15) is 22.8 Å². The van der Waals surface area contributed by atoms with E-state index in [1.54, 1.807) is 0 Å². The van der Waals surface area contributed by atoms with E-state index in [0.717, 1.165) is 0 Å². The van der Waals surface area contributed by atoms with Crippen molar-refractivity contribution in [2.75, 3.05) is 26.4 Å². The van der Waals surface area contributed by atoms with Crippen molar-refractivity contribution < 1.29 is 42.1 Å². The summed E-state index contributed by atoms with van der Waals surface area (Å²) in [6, 6.07) is 0. The van der Waals surface area contributed by atoms with E-state index < -0.39 is 36.7 Å². The van der Waals surface area contributed by atoms with Crippen molar-refractivity contribution in [1.29, 1.82) is 0 Å². The molecule has 0 rings (SSSR count). The summed E-state index contributed by atoms with van der Waals surface area (Å²) in [7, 11) is 0. The normalized spacial score (nSPS) is 13.8. The number of hydrogen-bond acceptors (Lipinski definition) is 6. The zero-order valence-electron chi connectivity index (χ0n) is 12.6. The summed E-state index contributed by atoms with van der Waals surface area (Å²) >= 11 is 0. The van der Waals surface area contributed by atoms with Gasteiger partial charge in [0.2, 0.25) is 0 Å². The summed E-state index contributed by atoms with van der Waals surface area (Å²) < 4.78 is 51.1. The second kappa shape index (κ2) is 9.31. The lowest BCUT2D eigenvalue weighted by atomic mass is 10.0. The topological polar surface area (TPSA) is 82.1 Å². The van der Waals surface area contributed by atoms with E-state index >= 15 is 0 Å². The zero-order valence-corrected chi connectivity index (χ0v) is 12.6. The first kappa shape index (κ1) is 21.1. The van der Waals surface area contributed by atoms with Gasteiger partial charge in [0.15, 0.2) is 5.60 Å². The van der Waals surface area contributed by atoms with Crippen molar-refractivity contribution >= 4 is 11.9 Å². The maximum Gasteiger partial charge on any atom is 0.417 e. The molecular formula is C14H19F3O6. The number of carbonyl (C=O) groups excluding carboxylic acids is 2. The van der Waals surface area contributed by atoms with Crippen LogP contribution in [0.25, 0.3) is 0 Å². The predicted octanol–water partition coefficient (Wildman–Crippen LogP) is 1.53. The van der Waals surface area contributed by atoms with Gasteiger partial charge in [-0.05, 0) is 6.92 Å². The zero-order chi connectivity index (χ0) is 18.1. The van der Waals surface area contributed by atoms with Gasteiger partial charge in [-0.2, -0.15) is 13.2 Å². The molecule has 0 saturated heterocycles. The average molecular weight is 340 g/mol. The van der Waals surface area contributed by atoms with Crippen LogP contribution in [-0.4, -0.2) is 55.3 Å². The quantitative estimate of drug-likeness (QED) is 0.281. The highest BCUT2D eigenvalue weighted by molar-refractivity contribution is 5.87. The number of hydrogen-bond donors (Lipinski definition) is 1. The van der Waals surface area contributed by atoms with Crippen LogP contribution in [0.3, 0.4) is 0 Å². The van der Waals surface area contributed by atoms with E-state index in [2.05, 4.69) is 22.6 Å². The molecule has 0 saturated carbocycles. The predicted molar refractivity (Wildman–Crippen MR) is 73.4 cm³/mol. The van der Waals surface area contributed by atoms with Crippen molar-refractivity contribution in [1.82, 2.24) is 0 Å². The molecule has 132 valence electrons. The summed E-state index contributed by atoms with van der Waals surface area (Å²) in [5.74, 6) is -2.05. The van der Waals surface area contributed by atoms with Crippen LogP contribution in [0.2, 0.25) is 0 Å². The molecule has 0 aromatic heterocycles. The fourth-order valence-corrected chi connectivity index (χ4v) is 1.15. The summed E-state index contributed by atoms with van der Waals surface area (Å²) in [5.41, 5.74) is -3.16. The number of halogens is 3. The Kier molecular flexibility index (Phi) is 8.55. The van der Waals surface area contributed by atoms with E-state index in [0.29, 0.717) is 6.92 Å². The Labute approximate surface area is 131 Å². The van der Waals surface area contributed by atoms with E-state index in [4.69, 9.17) is 9.84 Å². The number of rotatable bonds is 10. The van der Waals surface area contributed by atoms with Crippen molar-refractivity contribution in [2.45, 2.75) is 25.1 Å². The highest BCUT2D eigenvalue weighted by Gasteiger charge is 2.51. The van der Waals surface area contributed by atoms with Crippen LogP contribution in [0.15, 0.2) is 24.8 Å². The molecule has 1 atom stereocenters. The van der Waals surface area contributed by atoms with Gasteiger partial charge in [0, 0.05) is 0 Å². The summed E-state index contributed by atoms with van der Waals surface area (Å²) in [5, 5.41) is 9.10. The monoisotopic (exact) mass is 340 g/mol. The first-order valence-electron chi connectivity index (χ1n) is 6.49. The molecule has 23 heavy (non-hydrogen) atoms. The number of alkyl halides is 3. The third-order valence-corrected chi connectivity index (χ3v) is 2.48. The molecule has 1 unspecified atom stereocenters. The molecule has 9 heteroatoms. The smallest absolute Gasteiger partial charge is 0.417 e. The highest BCUT2D eigenvalue weighted by Crippen LogP contribution is 2.32. The molecule has 0 bridgehead atoms. The third-order valence-electron chi connectivity index (χ3n) is 2.48. The molecular weight excluding hydrogens is 321 g/mol. The summed E-state index contributed by atoms with van der Waals surface area (Å²) in [4.78, 5) is 22.6. The third kappa shape index (κ3) is 8.36. The SMILES string of the molecule is C=CCOCC(=C)C(=O)OCCOC(=O)CC(C)(O)C(F)(F)F. The van der Waals surface area contributed by atoms with Gasteiger partial charge in [-0.1, -0.05) is 12.7 Å². The Morgan fingerprint density at radius 3 is 2.30 bits per heavy atom. The van der Waals surface area contributed by atoms with Crippen molar-refractivity contribution in [2.24, 2.45) is 0 Å². The molecule has 0 aromatic carbocycles. The Bertz CT molecular complexity index is 442. The van der Waals surface area contributed by atoms with Crippen LogP contribution in [0, 0.1) is 0 Å². The Hall–Kier alpha value is -1.87. The van der Waals surface area contributed by atoms with E-state index in [-0.39, 0.29) is 25.4 Å².